The maximum absolute atomic E-state index is 12.1. The summed E-state index contributed by atoms with van der Waals surface area (Å²) in [5.74, 6) is -0.356. The van der Waals surface area contributed by atoms with Gasteiger partial charge in [0.15, 0.2) is 0 Å². The van der Waals surface area contributed by atoms with Crippen LogP contribution in [0, 0.1) is 0 Å². The smallest absolute Gasteiger partial charge is 0.340 e. The Morgan fingerprint density at radius 1 is 1.44 bits per heavy atom. The van der Waals surface area contributed by atoms with Crippen LogP contribution in [0.2, 0.25) is 0 Å². The molecular formula is C12H19BrF3NO. The maximum Gasteiger partial charge on any atom is 0.389 e. The molecule has 0 bridgehead atoms. The van der Waals surface area contributed by atoms with Crippen molar-refractivity contribution in [2.24, 2.45) is 0 Å². The van der Waals surface area contributed by atoms with Crippen LogP contribution in [0.15, 0.2) is 0 Å². The van der Waals surface area contributed by atoms with Crippen molar-refractivity contribution in [1.29, 1.82) is 0 Å². The van der Waals surface area contributed by atoms with Crippen LogP contribution < -0.4 is 0 Å². The van der Waals surface area contributed by atoms with Crippen molar-refractivity contribution in [3.8, 4) is 0 Å². The first-order valence-electron chi connectivity index (χ1n) is 6.30. The van der Waals surface area contributed by atoms with Gasteiger partial charge in [0.1, 0.15) is 0 Å². The van der Waals surface area contributed by atoms with Gasteiger partial charge in [-0.3, -0.25) is 4.79 Å². The average molecular weight is 330 g/mol. The third kappa shape index (κ3) is 5.59. The lowest BCUT2D eigenvalue weighted by Crippen LogP contribution is -2.44. The summed E-state index contributed by atoms with van der Waals surface area (Å²) in [6.07, 6.45) is -2.04. The fourth-order valence-corrected chi connectivity index (χ4v) is 2.77. The Morgan fingerprint density at radius 2 is 2.11 bits per heavy atom. The van der Waals surface area contributed by atoms with E-state index in [1.54, 1.807) is 4.90 Å². The highest BCUT2D eigenvalue weighted by Crippen LogP contribution is 2.26. The molecule has 0 aromatic carbocycles. The van der Waals surface area contributed by atoms with Gasteiger partial charge in [-0.2, -0.15) is 13.2 Å². The third-order valence-electron chi connectivity index (χ3n) is 3.17. The summed E-state index contributed by atoms with van der Waals surface area (Å²) in [6.45, 7) is 2.59. The number of hydrogen-bond donors (Lipinski definition) is 0. The molecule has 2 nitrogen and oxygen atoms in total. The van der Waals surface area contributed by atoms with E-state index in [-0.39, 0.29) is 16.8 Å². The minimum Gasteiger partial charge on any atom is -0.340 e. The summed E-state index contributed by atoms with van der Waals surface area (Å²) in [5.41, 5.74) is 0. The zero-order valence-corrected chi connectivity index (χ0v) is 12.1. The lowest BCUT2D eigenvalue weighted by atomic mass is 9.97. The summed E-state index contributed by atoms with van der Waals surface area (Å²) in [5, 5.41) is 0. The lowest BCUT2D eigenvalue weighted by Gasteiger charge is -2.36. The molecule has 2 unspecified atom stereocenters. The van der Waals surface area contributed by atoms with Crippen LogP contribution in [0.4, 0.5) is 13.2 Å². The van der Waals surface area contributed by atoms with Gasteiger partial charge >= 0.3 is 6.18 Å². The SMILES string of the molecule is CC(Br)CC1CCCCN1C(=O)CCC(F)(F)F. The molecule has 1 fully saturated rings. The largest absolute Gasteiger partial charge is 0.389 e. The second kappa shape index (κ2) is 6.78. The number of carbonyl (C=O) groups excluding carboxylic acids is 1. The first-order valence-corrected chi connectivity index (χ1v) is 7.21. The second-order valence-corrected chi connectivity index (χ2v) is 6.43. The zero-order valence-electron chi connectivity index (χ0n) is 10.5. The minimum atomic E-state index is -4.25. The first kappa shape index (κ1) is 15.8. The lowest BCUT2D eigenvalue weighted by molar-refractivity contribution is -0.151. The number of hydrogen-bond acceptors (Lipinski definition) is 1. The normalized spacial score (nSPS) is 22.9. The van der Waals surface area contributed by atoms with Crippen LogP contribution in [0.3, 0.4) is 0 Å². The molecule has 0 aromatic rings. The Labute approximate surface area is 114 Å². The summed E-state index contributed by atoms with van der Waals surface area (Å²) >= 11 is 3.44. The highest BCUT2D eigenvalue weighted by molar-refractivity contribution is 9.09. The number of amides is 1. The molecule has 2 atom stereocenters. The molecule has 6 heteroatoms. The van der Waals surface area contributed by atoms with Crippen LogP contribution in [0.1, 0.15) is 45.4 Å². The van der Waals surface area contributed by atoms with Gasteiger partial charge in [0.05, 0.1) is 6.42 Å². The summed E-state index contributed by atoms with van der Waals surface area (Å²) in [7, 11) is 0. The fourth-order valence-electron chi connectivity index (χ4n) is 2.34. The van der Waals surface area contributed by atoms with Crippen molar-refractivity contribution in [2.75, 3.05) is 6.54 Å². The molecule has 0 aliphatic carbocycles. The monoisotopic (exact) mass is 329 g/mol. The van der Waals surface area contributed by atoms with Gasteiger partial charge in [-0.25, -0.2) is 0 Å². The molecule has 1 amide bonds. The Bertz CT molecular complexity index is 281. The van der Waals surface area contributed by atoms with E-state index in [4.69, 9.17) is 0 Å². The molecule has 0 saturated carbocycles. The van der Waals surface area contributed by atoms with Gasteiger partial charge in [-0.1, -0.05) is 22.9 Å². The van der Waals surface area contributed by atoms with Crippen LogP contribution in [0.5, 0.6) is 0 Å². The zero-order chi connectivity index (χ0) is 13.8. The van der Waals surface area contributed by atoms with Crippen molar-refractivity contribution < 1.29 is 18.0 Å². The first-order chi connectivity index (χ1) is 8.29. The average Bonchev–Trinajstić information content (AvgIpc) is 2.25. The molecule has 1 saturated heterocycles. The molecule has 1 heterocycles. The van der Waals surface area contributed by atoms with Crippen molar-refractivity contribution >= 4 is 21.8 Å². The molecule has 106 valence electrons. The van der Waals surface area contributed by atoms with E-state index in [0.717, 1.165) is 25.7 Å². The number of piperidine rings is 1. The number of alkyl halides is 4. The molecule has 0 radical (unpaired) electrons. The molecule has 18 heavy (non-hydrogen) atoms. The molecule has 0 spiro atoms. The van der Waals surface area contributed by atoms with Crippen LogP contribution >= 0.6 is 15.9 Å². The van der Waals surface area contributed by atoms with E-state index < -0.39 is 19.0 Å². The second-order valence-electron chi connectivity index (χ2n) is 4.87. The van der Waals surface area contributed by atoms with Gasteiger partial charge in [0, 0.05) is 23.8 Å². The van der Waals surface area contributed by atoms with Gasteiger partial charge in [0.2, 0.25) is 5.91 Å². The Morgan fingerprint density at radius 3 is 2.67 bits per heavy atom. The van der Waals surface area contributed by atoms with E-state index >= 15 is 0 Å². The maximum atomic E-state index is 12.1. The highest BCUT2D eigenvalue weighted by Gasteiger charge is 2.32. The van der Waals surface area contributed by atoms with Crippen molar-refractivity contribution in [2.45, 2.75) is 62.5 Å². The number of carbonyl (C=O) groups is 1. The Balaban J connectivity index is 2.52. The highest BCUT2D eigenvalue weighted by atomic mass is 79.9. The van der Waals surface area contributed by atoms with E-state index in [9.17, 15) is 18.0 Å². The molecule has 0 aromatic heterocycles. The number of nitrogens with zero attached hydrogens (tertiary/aromatic N) is 1. The Hall–Kier alpha value is -0.260. The summed E-state index contributed by atoms with van der Waals surface area (Å²) < 4.78 is 36.3. The van der Waals surface area contributed by atoms with E-state index in [1.807, 2.05) is 6.92 Å². The predicted molar refractivity (Wildman–Crippen MR) is 67.6 cm³/mol. The third-order valence-corrected chi connectivity index (χ3v) is 3.54. The van der Waals surface area contributed by atoms with Crippen molar-refractivity contribution in [1.82, 2.24) is 4.90 Å². The molecule has 1 aliphatic rings. The quantitative estimate of drug-likeness (QED) is 0.716. The van der Waals surface area contributed by atoms with Gasteiger partial charge in [-0.15, -0.1) is 0 Å². The van der Waals surface area contributed by atoms with Crippen LogP contribution in [-0.2, 0) is 4.79 Å². The van der Waals surface area contributed by atoms with Gasteiger partial charge < -0.3 is 4.90 Å². The van der Waals surface area contributed by atoms with Crippen LogP contribution in [0.25, 0.3) is 0 Å². The number of rotatable bonds is 4. The van der Waals surface area contributed by atoms with Crippen molar-refractivity contribution in [3.63, 3.8) is 0 Å². The predicted octanol–water partition coefficient (Wildman–Crippen LogP) is 3.88. The fraction of sp³-hybridized carbons (Fsp3) is 0.917. The summed E-state index contributed by atoms with van der Waals surface area (Å²) in [6, 6.07) is 0.0915. The number of halogens is 4. The van der Waals surface area contributed by atoms with Crippen molar-refractivity contribution in [3.05, 3.63) is 0 Å². The molecule has 0 N–H and O–H groups in total. The van der Waals surface area contributed by atoms with Gasteiger partial charge in [-0.05, 0) is 25.7 Å². The van der Waals surface area contributed by atoms with Gasteiger partial charge in [0.25, 0.3) is 0 Å². The minimum absolute atomic E-state index is 0.0915. The van der Waals surface area contributed by atoms with E-state index in [0.29, 0.717) is 6.54 Å². The molecule has 1 aliphatic heterocycles. The standard InChI is InChI=1S/C12H19BrF3NO/c1-9(13)8-10-4-2-3-7-17(10)11(18)5-6-12(14,15)16/h9-10H,2-8H2,1H3. The van der Waals surface area contributed by atoms with Crippen LogP contribution in [-0.4, -0.2) is 34.4 Å². The summed E-state index contributed by atoms with van der Waals surface area (Å²) in [4.78, 5) is 13.8. The molecule has 1 rings (SSSR count). The van der Waals surface area contributed by atoms with E-state index in [1.165, 1.54) is 0 Å². The topological polar surface area (TPSA) is 20.3 Å². The van der Waals surface area contributed by atoms with E-state index in [2.05, 4.69) is 15.9 Å². The number of likely N-dealkylation sites (tertiary alicyclic amines) is 1. The Kier molecular flexibility index (Phi) is 5.95. The molecular weight excluding hydrogens is 311 g/mol.